The van der Waals surface area contributed by atoms with Gasteiger partial charge in [0.2, 0.25) is 0 Å². The number of ether oxygens (including phenoxy) is 1. The van der Waals surface area contributed by atoms with E-state index in [1.807, 2.05) is 24.3 Å². The highest BCUT2D eigenvalue weighted by Gasteiger charge is 2.29. The second kappa shape index (κ2) is 6.69. The van der Waals surface area contributed by atoms with Gasteiger partial charge in [-0.25, -0.2) is 0 Å². The minimum atomic E-state index is -0.359. The molecule has 120 valence electrons. The van der Waals surface area contributed by atoms with Gasteiger partial charge in [-0.15, -0.1) is 0 Å². The maximum atomic E-state index is 12.3. The van der Waals surface area contributed by atoms with E-state index in [0.29, 0.717) is 18.4 Å². The lowest BCUT2D eigenvalue weighted by Crippen LogP contribution is -2.46. The molecule has 2 aliphatic rings. The lowest BCUT2D eigenvalue weighted by Gasteiger charge is -2.35. The SMILES string of the molecule is CC(C)N1CCC[C@H](CNC(=O)[C@H]2Cc3ccccc3O2)C1. The Labute approximate surface area is 132 Å². The van der Waals surface area contributed by atoms with E-state index in [1.165, 1.54) is 19.4 Å². The Balaban J connectivity index is 1.47. The van der Waals surface area contributed by atoms with Crippen LogP contribution in [0.15, 0.2) is 24.3 Å². The first kappa shape index (κ1) is 15.3. The van der Waals surface area contributed by atoms with E-state index in [0.717, 1.165) is 24.4 Å². The standard InChI is InChI=1S/C18H26N2O2/c1-13(2)20-9-5-6-14(12-20)11-19-18(21)17-10-15-7-3-4-8-16(15)22-17/h3-4,7-8,13-14,17H,5-6,9-12H2,1-2H3,(H,19,21)/t14-,17-/m1/s1. The highest BCUT2D eigenvalue weighted by molar-refractivity contribution is 5.82. The zero-order valence-electron chi connectivity index (χ0n) is 13.5. The molecular formula is C18H26N2O2. The van der Waals surface area contributed by atoms with Gasteiger partial charge in [-0.05, 0) is 50.8 Å². The first-order valence-electron chi connectivity index (χ1n) is 8.40. The Bertz CT molecular complexity index is 505. The van der Waals surface area contributed by atoms with Crippen LogP contribution in [0.25, 0.3) is 0 Å². The van der Waals surface area contributed by atoms with E-state index in [9.17, 15) is 4.79 Å². The lowest BCUT2D eigenvalue weighted by atomic mass is 9.97. The number of carbonyl (C=O) groups excluding carboxylic acids is 1. The molecule has 1 fully saturated rings. The van der Waals surface area contributed by atoms with Crippen LogP contribution in [0.5, 0.6) is 5.75 Å². The number of hydrogen-bond acceptors (Lipinski definition) is 3. The van der Waals surface area contributed by atoms with E-state index in [1.54, 1.807) is 0 Å². The topological polar surface area (TPSA) is 41.6 Å². The molecule has 22 heavy (non-hydrogen) atoms. The normalized spacial score (nSPS) is 24.9. The molecule has 0 radical (unpaired) electrons. The number of hydrogen-bond donors (Lipinski definition) is 1. The first-order valence-corrected chi connectivity index (χ1v) is 8.40. The highest BCUT2D eigenvalue weighted by atomic mass is 16.5. The molecule has 0 saturated carbocycles. The first-order chi connectivity index (χ1) is 10.6. The molecule has 3 rings (SSSR count). The summed E-state index contributed by atoms with van der Waals surface area (Å²) in [6.45, 7) is 7.51. The Kier molecular flexibility index (Phi) is 4.67. The van der Waals surface area contributed by atoms with Gasteiger partial charge in [0.1, 0.15) is 5.75 Å². The van der Waals surface area contributed by atoms with Crippen LogP contribution in [0.1, 0.15) is 32.3 Å². The van der Waals surface area contributed by atoms with Gasteiger partial charge in [0.25, 0.3) is 5.91 Å². The number of nitrogens with zero attached hydrogens (tertiary/aromatic N) is 1. The highest BCUT2D eigenvalue weighted by Crippen LogP contribution is 2.28. The minimum Gasteiger partial charge on any atom is -0.480 e. The smallest absolute Gasteiger partial charge is 0.261 e. The predicted octanol–water partition coefficient (Wildman–Crippen LogP) is 2.23. The van der Waals surface area contributed by atoms with Crippen LogP contribution in [0.3, 0.4) is 0 Å². The van der Waals surface area contributed by atoms with E-state index >= 15 is 0 Å². The van der Waals surface area contributed by atoms with Gasteiger partial charge >= 0.3 is 0 Å². The van der Waals surface area contributed by atoms with Crippen LogP contribution in [0.4, 0.5) is 0 Å². The van der Waals surface area contributed by atoms with Crippen molar-refractivity contribution in [3.05, 3.63) is 29.8 Å². The molecule has 4 nitrogen and oxygen atoms in total. The summed E-state index contributed by atoms with van der Waals surface area (Å²) in [6, 6.07) is 8.49. The lowest BCUT2D eigenvalue weighted by molar-refractivity contribution is -0.127. The van der Waals surface area contributed by atoms with E-state index in [2.05, 4.69) is 24.1 Å². The van der Waals surface area contributed by atoms with Crippen molar-refractivity contribution in [1.82, 2.24) is 10.2 Å². The zero-order valence-corrected chi connectivity index (χ0v) is 13.5. The van der Waals surface area contributed by atoms with Crippen LogP contribution < -0.4 is 10.1 Å². The van der Waals surface area contributed by atoms with Crippen molar-refractivity contribution in [2.45, 2.75) is 45.3 Å². The number of rotatable bonds is 4. The fourth-order valence-corrected chi connectivity index (χ4v) is 3.42. The summed E-state index contributed by atoms with van der Waals surface area (Å²) in [6.07, 6.45) is 2.76. The average molecular weight is 302 g/mol. The van der Waals surface area contributed by atoms with Gasteiger partial charge in [-0.3, -0.25) is 4.79 Å². The number of nitrogens with one attached hydrogen (secondary N) is 1. The summed E-state index contributed by atoms with van der Waals surface area (Å²) in [5.41, 5.74) is 1.13. The van der Waals surface area contributed by atoms with E-state index in [4.69, 9.17) is 4.74 Å². The van der Waals surface area contributed by atoms with Crippen molar-refractivity contribution in [3.8, 4) is 5.75 Å². The molecule has 1 N–H and O–H groups in total. The summed E-state index contributed by atoms with van der Waals surface area (Å²) < 4.78 is 5.75. The fraction of sp³-hybridized carbons (Fsp3) is 0.611. The Morgan fingerprint density at radius 3 is 3.00 bits per heavy atom. The molecule has 1 aromatic carbocycles. The van der Waals surface area contributed by atoms with Gasteiger partial charge in [0, 0.05) is 25.6 Å². The summed E-state index contributed by atoms with van der Waals surface area (Å²) in [5.74, 6) is 1.44. The van der Waals surface area contributed by atoms with Gasteiger partial charge in [-0.1, -0.05) is 18.2 Å². The van der Waals surface area contributed by atoms with Crippen molar-refractivity contribution in [2.24, 2.45) is 5.92 Å². The van der Waals surface area contributed by atoms with E-state index < -0.39 is 0 Å². The third-order valence-electron chi connectivity index (χ3n) is 4.79. The second-order valence-electron chi connectivity index (χ2n) is 6.76. The molecule has 0 aromatic heterocycles. The molecule has 1 amide bonds. The largest absolute Gasteiger partial charge is 0.480 e. The molecule has 2 heterocycles. The fourth-order valence-electron chi connectivity index (χ4n) is 3.42. The molecule has 1 saturated heterocycles. The molecule has 0 aliphatic carbocycles. The van der Waals surface area contributed by atoms with Crippen molar-refractivity contribution in [3.63, 3.8) is 0 Å². The molecule has 2 aliphatic heterocycles. The van der Waals surface area contributed by atoms with Crippen LogP contribution in [0.2, 0.25) is 0 Å². The molecule has 0 unspecified atom stereocenters. The van der Waals surface area contributed by atoms with Gasteiger partial charge in [-0.2, -0.15) is 0 Å². The number of benzene rings is 1. The van der Waals surface area contributed by atoms with Gasteiger partial charge in [0.15, 0.2) is 6.10 Å². The van der Waals surface area contributed by atoms with Crippen LogP contribution in [-0.2, 0) is 11.2 Å². The maximum Gasteiger partial charge on any atom is 0.261 e. The number of piperidine rings is 1. The second-order valence-corrected chi connectivity index (χ2v) is 6.76. The van der Waals surface area contributed by atoms with E-state index in [-0.39, 0.29) is 12.0 Å². The minimum absolute atomic E-state index is 0.0258. The number of likely N-dealkylation sites (tertiary alicyclic amines) is 1. The summed E-state index contributed by atoms with van der Waals surface area (Å²) in [7, 11) is 0. The quantitative estimate of drug-likeness (QED) is 0.927. The third-order valence-corrected chi connectivity index (χ3v) is 4.79. The predicted molar refractivity (Wildman–Crippen MR) is 87.0 cm³/mol. The monoisotopic (exact) mass is 302 g/mol. The van der Waals surface area contributed by atoms with Gasteiger partial charge in [0.05, 0.1) is 0 Å². The third kappa shape index (κ3) is 3.43. The van der Waals surface area contributed by atoms with Crippen molar-refractivity contribution in [1.29, 1.82) is 0 Å². The number of para-hydroxylation sites is 1. The molecular weight excluding hydrogens is 276 g/mol. The molecule has 1 aromatic rings. The molecule has 4 heteroatoms. The Hall–Kier alpha value is -1.55. The number of fused-ring (bicyclic) bond motifs is 1. The van der Waals surface area contributed by atoms with Crippen LogP contribution >= 0.6 is 0 Å². The molecule has 2 atom stereocenters. The molecule has 0 spiro atoms. The number of amides is 1. The maximum absolute atomic E-state index is 12.3. The summed E-state index contributed by atoms with van der Waals surface area (Å²) >= 11 is 0. The Morgan fingerprint density at radius 2 is 2.23 bits per heavy atom. The van der Waals surface area contributed by atoms with Crippen molar-refractivity contribution >= 4 is 5.91 Å². The van der Waals surface area contributed by atoms with Crippen LogP contribution in [-0.4, -0.2) is 42.6 Å². The van der Waals surface area contributed by atoms with Crippen molar-refractivity contribution < 1.29 is 9.53 Å². The van der Waals surface area contributed by atoms with Crippen LogP contribution in [0, 0.1) is 5.92 Å². The summed E-state index contributed by atoms with van der Waals surface area (Å²) in [4.78, 5) is 14.8. The zero-order chi connectivity index (χ0) is 15.5. The Morgan fingerprint density at radius 1 is 1.41 bits per heavy atom. The van der Waals surface area contributed by atoms with Gasteiger partial charge < -0.3 is 15.0 Å². The van der Waals surface area contributed by atoms with Crippen molar-refractivity contribution in [2.75, 3.05) is 19.6 Å². The number of carbonyl (C=O) groups is 1. The molecule has 0 bridgehead atoms. The average Bonchev–Trinajstić information content (AvgIpc) is 2.97. The summed E-state index contributed by atoms with van der Waals surface area (Å²) in [5, 5.41) is 3.10.